The third kappa shape index (κ3) is 4.06. The molecule has 8 nitrogen and oxygen atoms in total. The van der Waals surface area contributed by atoms with Gasteiger partial charge in [0.15, 0.2) is 0 Å². The Balaban J connectivity index is 1.44. The van der Waals surface area contributed by atoms with Gasteiger partial charge < -0.3 is 15.3 Å². The quantitative estimate of drug-likeness (QED) is 0.643. The van der Waals surface area contributed by atoms with Crippen LogP contribution in [0.3, 0.4) is 0 Å². The Morgan fingerprint density at radius 1 is 1.27 bits per heavy atom. The number of rotatable bonds is 5. The van der Waals surface area contributed by atoms with Crippen molar-refractivity contribution in [2.24, 2.45) is 0 Å². The molecule has 4 heterocycles. The molecular weight excluding hydrogens is 481 g/mol. The van der Waals surface area contributed by atoms with Gasteiger partial charge in [0, 0.05) is 18.9 Å². The first kappa shape index (κ1) is 22.7. The minimum absolute atomic E-state index is 0.0168. The number of hydrogen-bond acceptors (Lipinski definition) is 8. The number of anilines is 2. The summed E-state index contributed by atoms with van der Waals surface area (Å²) in [5.41, 5.74) is -0.708. The molecule has 2 aromatic heterocycles. The Kier molecular flexibility index (Phi) is 5.73. The largest absolute Gasteiger partial charge is 0.394 e. The number of fused-ring (bicyclic) bond motifs is 1. The van der Waals surface area contributed by atoms with Crippen LogP contribution in [-0.2, 0) is 17.2 Å². The first-order valence-electron chi connectivity index (χ1n) is 10.7. The Bertz CT molecular complexity index is 1080. The van der Waals surface area contributed by atoms with Gasteiger partial charge in [0.1, 0.15) is 33.5 Å². The molecule has 0 bridgehead atoms. The smallest absolute Gasteiger partial charge is 0.331 e. The lowest BCUT2D eigenvalue weighted by atomic mass is 9.77. The van der Waals surface area contributed by atoms with Crippen LogP contribution in [0.2, 0.25) is 5.02 Å². The van der Waals surface area contributed by atoms with Gasteiger partial charge in [0.25, 0.3) is 0 Å². The van der Waals surface area contributed by atoms with Gasteiger partial charge in [-0.05, 0) is 25.7 Å². The van der Waals surface area contributed by atoms with Crippen LogP contribution >= 0.6 is 11.6 Å². The first-order chi connectivity index (χ1) is 15.7. The molecule has 1 saturated carbocycles. The van der Waals surface area contributed by atoms with E-state index in [2.05, 4.69) is 25.3 Å². The summed E-state index contributed by atoms with van der Waals surface area (Å²) in [7, 11) is -2.61. The Hall–Kier alpha value is -2.05. The minimum Gasteiger partial charge on any atom is -0.394 e. The number of nitrogens with one attached hydrogen (secondary N) is 1. The van der Waals surface area contributed by atoms with E-state index in [4.69, 9.17) is 11.6 Å². The van der Waals surface area contributed by atoms with Gasteiger partial charge >= 0.3 is 5.25 Å². The molecule has 2 fully saturated rings. The summed E-state index contributed by atoms with van der Waals surface area (Å²) in [6.07, 6.45) is 3.24. The van der Waals surface area contributed by atoms with Gasteiger partial charge in [-0.15, -0.1) is 0 Å². The number of halogens is 4. The van der Waals surface area contributed by atoms with Crippen LogP contribution in [0.1, 0.15) is 43.1 Å². The predicted octanol–water partition coefficient (Wildman–Crippen LogP) is 2.84. The fraction of sp³-hybridized carbons (Fsp3) is 0.600. The summed E-state index contributed by atoms with van der Waals surface area (Å²) in [6.45, 7) is 0.0859. The molecule has 0 amide bonds. The second kappa shape index (κ2) is 8.31. The third-order valence-electron chi connectivity index (χ3n) is 6.55. The molecule has 3 unspecified atom stereocenters. The molecule has 2 aliphatic heterocycles. The number of piperidine rings is 1. The first-order valence-corrected chi connectivity index (χ1v) is 12.2. The van der Waals surface area contributed by atoms with Gasteiger partial charge in [-0.3, -0.25) is 0 Å². The summed E-state index contributed by atoms with van der Waals surface area (Å²) in [5.74, 6) is -0.0574. The molecule has 2 N–H and O–H groups in total. The number of nitrogens with zero attached hydrogens (tertiary/aromatic N) is 5. The second-order valence-corrected chi connectivity index (χ2v) is 10.7. The molecule has 0 radical (unpaired) electrons. The van der Waals surface area contributed by atoms with E-state index in [1.807, 2.05) is 0 Å². The van der Waals surface area contributed by atoms with Gasteiger partial charge in [-0.25, -0.2) is 23.6 Å². The molecule has 33 heavy (non-hydrogen) atoms. The fourth-order valence-electron chi connectivity index (χ4n) is 4.50. The number of alkyl halides is 3. The molecule has 3 aliphatic rings. The molecule has 0 spiro atoms. The summed E-state index contributed by atoms with van der Waals surface area (Å²) >= 11 is 5.81. The molecule has 13 heteroatoms. The highest BCUT2D eigenvalue weighted by molar-refractivity contribution is 7.86. The molecule has 5 rings (SSSR count). The van der Waals surface area contributed by atoms with E-state index in [1.165, 1.54) is 12.4 Å². The topological polar surface area (TPSA) is 104 Å². The number of aliphatic hydroxyl groups is 1. The van der Waals surface area contributed by atoms with Gasteiger partial charge in [0.2, 0.25) is 5.95 Å². The zero-order chi connectivity index (χ0) is 23.4. The average Bonchev–Trinajstić information content (AvgIpc) is 2.99. The van der Waals surface area contributed by atoms with Crippen molar-refractivity contribution < 1.29 is 22.5 Å². The second-order valence-electron chi connectivity index (χ2n) is 8.76. The maximum Gasteiger partial charge on any atom is 0.331 e. The van der Waals surface area contributed by atoms with E-state index in [0.717, 1.165) is 6.42 Å². The molecule has 2 aromatic rings. The van der Waals surface area contributed by atoms with Crippen molar-refractivity contribution in [2.45, 2.75) is 59.9 Å². The van der Waals surface area contributed by atoms with Gasteiger partial charge in [0.05, 0.1) is 41.7 Å². The van der Waals surface area contributed by atoms with Crippen molar-refractivity contribution in [1.29, 1.82) is 0 Å². The van der Waals surface area contributed by atoms with E-state index >= 15 is 4.39 Å². The van der Waals surface area contributed by atoms with Gasteiger partial charge in [-0.1, -0.05) is 11.6 Å². The molecular formula is C20H22ClF3N6O2S. The summed E-state index contributed by atoms with van der Waals surface area (Å²) in [4.78, 5) is 18.3. The van der Waals surface area contributed by atoms with E-state index in [1.54, 1.807) is 4.90 Å². The highest BCUT2D eigenvalue weighted by Crippen LogP contribution is 2.44. The van der Waals surface area contributed by atoms with Crippen molar-refractivity contribution in [2.75, 3.05) is 29.9 Å². The van der Waals surface area contributed by atoms with Crippen molar-refractivity contribution in [3.63, 3.8) is 0 Å². The zero-order valence-corrected chi connectivity index (χ0v) is 19.1. The number of aliphatic hydroxyl groups excluding tert-OH is 1. The molecule has 1 aliphatic carbocycles. The van der Waals surface area contributed by atoms with Crippen molar-refractivity contribution in [3.05, 3.63) is 28.9 Å². The lowest BCUT2D eigenvalue weighted by Crippen LogP contribution is -2.49. The van der Waals surface area contributed by atoms with E-state index < -0.39 is 40.1 Å². The highest BCUT2D eigenvalue weighted by Gasteiger charge is 2.50. The lowest BCUT2D eigenvalue weighted by Gasteiger charge is -2.42. The standard InChI is InChI=1S/C20H22ClF3N6O2S/c21-11-7-25-16(26-8-11)12-2-5-30(9-13(12)22)18-27-14-6-20(23,24)33(32)15(14)17(28-18)29-19(10-31)3-1-4-19/h7-8,12-13,31H,1-6,9-10H2,(H,27,28,29). The van der Waals surface area contributed by atoms with Crippen LogP contribution in [0, 0.1) is 0 Å². The van der Waals surface area contributed by atoms with Crippen LogP contribution in [0.15, 0.2) is 17.3 Å². The van der Waals surface area contributed by atoms with Crippen molar-refractivity contribution >= 4 is 34.2 Å². The third-order valence-corrected chi connectivity index (χ3v) is 8.23. The van der Waals surface area contributed by atoms with Crippen LogP contribution < -0.4 is 10.2 Å². The molecule has 3 atom stereocenters. The van der Waals surface area contributed by atoms with Crippen LogP contribution in [0.5, 0.6) is 0 Å². The average molecular weight is 503 g/mol. The Morgan fingerprint density at radius 2 is 2.00 bits per heavy atom. The normalized spacial score (nSPS) is 27.7. The van der Waals surface area contributed by atoms with Crippen LogP contribution in [-0.4, -0.2) is 65.9 Å². The predicted molar refractivity (Wildman–Crippen MR) is 116 cm³/mol. The Morgan fingerprint density at radius 3 is 2.61 bits per heavy atom. The molecule has 0 aromatic carbocycles. The maximum atomic E-state index is 15.1. The number of aromatic nitrogens is 4. The fourth-order valence-corrected chi connectivity index (χ4v) is 5.77. The van der Waals surface area contributed by atoms with E-state index in [-0.39, 0.29) is 35.5 Å². The van der Waals surface area contributed by atoms with E-state index in [9.17, 15) is 18.1 Å². The summed E-state index contributed by atoms with van der Waals surface area (Å²) < 4.78 is 56.1. The maximum absolute atomic E-state index is 15.1. The summed E-state index contributed by atoms with van der Waals surface area (Å²) in [6, 6.07) is 0. The van der Waals surface area contributed by atoms with Crippen molar-refractivity contribution in [3.8, 4) is 0 Å². The lowest BCUT2D eigenvalue weighted by molar-refractivity contribution is 0.104. The number of hydrogen-bond donors (Lipinski definition) is 2. The monoisotopic (exact) mass is 502 g/mol. The van der Waals surface area contributed by atoms with Crippen LogP contribution in [0.25, 0.3) is 0 Å². The SMILES string of the molecule is O=S1c2c(nc(N3CCC(c4ncc(Cl)cn4)C(F)C3)nc2NC2(CO)CCC2)CC1(F)F. The zero-order valence-electron chi connectivity index (χ0n) is 17.5. The Labute approximate surface area is 195 Å². The highest BCUT2D eigenvalue weighted by atomic mass is 35.5. The molecule has 178 valence electrons. The van der Waals surface area contributed by atoms with Crippen molar-refractivity contribution in [1.82, 2.24) is 19.9 Å². The minimum atomic E-state index is -3.46. The summed E-state index contributed by atoms with van der Waals surface area (Å²) in [5, 5.41) is 9.77. The molecule has 1 saturated heterocycles. The van der Waals surface area contributed by atoms with Crippen LogP contribution in [0.4, 0.5) is 24.9 Å². The van der Waals surface area contributed by atoms with E-state index in [0.29, 0.717) is 36.7 Å². The van der Waals surface area contributed by atoms with Gasteiger partial charge in [-0.2, -0.15) is 13.8 Å².